The van der Waals surface area contributed by atoms with Gasteiger partial charge in [-0.15, -0.1) is 0 Å². The molecule has 2 aliphatic heterocycles. The Bertz CT molecular complexity index is 1810. The average molecular weight is 743 g/mol. The lowest BCUT2D eigenvalue weighted by molar-refractivity contribution is -0.137. The van der Waals surface area contributed by atoms with Gasteiger partial charge in [0.25, 0.3) is 0 Å². The summed E-state index contributed by atoms with van der Waals surface area (Å²) in [6.07, 6.45) is 1.66. The van der Waals surface area contributed by atoms with E-state index in [-0.39, 0.29) is 30.0 Å². The number of nitrogens with zero attached hydrogens (tertiary/aromatic N) is 3. The number of aromatic hydroxyl groups is 1. The first-order chi connectivity index (χ1) is 25.8. The summed E-state index contributed by atoms with van der Waals surface area (Å²) in [6, 6.07) is 26.7. The van der Waals surface area contributed by atoms with Gasteiger partial charge in [0.05, 0.1) is 6.61 Å². The fraction of sp³-hybridized carbons (Fsp3) is 0.381. The van der Waals surface area contributed by atoms with Crippen molar-refractivity contribution in [3.05, 3.63) is 119 Å². The topological polar surface area (TPSA) is 94.6 Å². The Hall–Kier alpha value is -4.64. The van der Waals surface area contributed by atoms with E-state index < -0.39 is 12.1 Å². The van der Waals surface area contributed by atoms with E-state index in [1.807, 2.05) is 72.5 Å². The number of likely N-dealkylation sites (tertiary alicyclic amines) is 1. The molecule has 2 N–H and O–H groups in total. The number of carbonyl (C=O) groups excluding carboxylic acids is 2. The van der Waals surface area contributed by atoms with Crippen LogP contribution < -0.4 is 10.1 Å². The number of halogens is 2. The van der Waals surface area contributed by atoms with Gasteiger partial charge in [0, 0.05) is 49.9 Å². The highest BCUT2D eigenvalue weighted by atomic mass is 35.5. The summed E-state index contributed by atoms with van der Waals surface area (Å²) in [4.78, 5) is 33.7. The normalized spacial score (nSPS) is 16.2. The molecule has 2 fully saturated rings. The van der Waals surface area contributed by atoms with Crippen molar-refractivity contribution in [2.75, 3.05) is 52.4 Å². The van der Waals surface area contributed by atoms with Gasteiger partial charge in [0.15, 0.2) is 0 Å². The van der Waals surface area contributed by atoms with E-state index in [2.05, 4.69) is 15.1 Å². The number of hydrogen-bond acceptors (Lipinski definition) is 7. The van der Waals surface area contributed by atoms with E-state index in [4.69, 9.17) is 21.1 Å². The second-order valence-electron chi connectivity index (χ2n) is 13.7. The standard InChI is InChI=1S/C42H48ClFN4O5/c1-2-52-39-10-6-9-38(44)37(39)28-47-23-25-48(26-24-47)41(50)40(45-42(51)53-29-30-7-4-3-5-8-30)32-17-20-46(21-18-32)22-19-33-27-34(43)13-16-36(33)31-11-14-35(49)15-12-31/h3-16,27,32,40,49H,2,17-26,28-29H2,1H3,(H,45,51)/t40-/m1/s1. The largest absolute Gasteiger partial charge is 0.508 e. The monoisotopic (exact) mass is 742 g/mol. The molecule has 1 atom stereocenters. The molecule has 0 spiro atoms. The highest BCUT2D eigenvalue weighted by molar-refractivity contribution is 6.30. The van der Waals surface area contributed by atoms with Crippen molar-refractivity contribution in [3.8, 4) is 22.6 Å². The number of benzene rings is 4. The molecule has 0 saturated carbocycles. The van der Waals surface area contributed by atoms with Crippen molar-refractivity contribution in [3.63, 3.8) is 0 Å². The molecular formula is C42H48ClFN4O5. The van der Waals surface area contributed by atoms with Crippen molar-refractivity contribution in [2.24, 2.45) is 5.92 Å². The maximum Gasteiger partial charge on any atom is 0.408 e. The van der Waals surface area contributed by atoms with Crippen LogP contribution in [0.15, 0.2) is 91.0 Å². The first-order valence-electron chi connectivity index (χ1n) is 18.5. The Kier molecular flexibility index (Phi) is 13.2. The first-order valence-corrected chi connectivity index (χ1v) is 18.8. The Morgan fingerprint density at radius 1 is 0.906 bits per heavy atom. The van der Waals surface area contributed by atoms with Crippen LogP contribution in [0.1, 0.15) is 36.5 Å². The molecule has 0 unspecified atom stereocenters. The van der Waals surface area contributed by atoms with Crippen molar-refractivity contribution in [1.29, 1.82) is 0 Å². The van der Waals surface area contributed by atoms with E-state index >= 15 is 0 Å². The van der Waals surface area contributed by atoms with Crippen molar-refractivity contribution < 1.29 is 28.6 Å². The van der Waals surface area contributed by atoms with Gasteiger partial charge in [0.1, 0.15) is 30.0 Å². The van der Waals surface area contributed by atoms with E-state index in [0.717, 1.165) is 61.2 Å². The number of hydrogen-bond donors (Lipinski definition) is 2. The molecule has 9 nitrogen and oxygen atoms in total. The van der Waals surface area contributed by atoms with Crippen LogP contribution in [0.25, 0.3) is 11.1 Å². The molecule has 0 aliphatic carbocycles. The Morgan fingerprint density at radius 3 is 2.36 bits per heavy atom. The lowest BCUT2D eigenvalue weighted by Crippen LogP contribution is -2.58. The summed E-state index contributed by atoms with van der Waals surface area (Å²) >= 11 is 6.41. The van der Waals surface area contributed by atoms with Gasteiger partial charge in [-0.1, -0.05) is 66.2 Å². The summed E-state index contributed by atoms with van der Waals surface area (Å²) < 4.78 is 26.0. The third-order valence-electron chi connectivity index (χ3n) is 10.2. The van der Waals surface area contributed by atoms with Crippen molar-refractivity contribution in [2.45, 2.75) is 45.4 Å². The average Bonchev–Trinajstić information content (AvgIpc) is 3.18. The van der Waals surface area contributed by atoms with Crippen molar-refractivity contribution in [1.82, 2.24) is 20.0 Å². The van der Waals surface area contributed by atoms with E-state index in [9.17, 15) is 19.1 Å². The highest BCUT2D eigenvalue weighted by Crippen LogP contribution is 2.30. The molecule has 11 heteroatoms. The molecule has 2 saturated heterocycles. The SMILES string of the molecule is CCOc1cccc(F)c1CN1CCN(C(=O)[C@H](NC(=O)OCc2ccccc2)C2CCN(CCc3cc(Cl)ccc3-c3ccc(O)cc3)CC2)CC1. The number of alkyl carbamates (subject to hydrolysis) is 1. The Morgan fingerprint density at radius 2 is 1.64 bits per heavy atom. The van der Waals surface area contributed by atoms with Crippen LogP contribution in [0.3, 0.4) is 0 Å². The van der Waals surface area contributed by atoms with Crippen LogP contribution >= 0.6 is 11.6 Å². The number of nitrogens with one attached hydrogen (secondary N) is 1. The summed E-state index contributed by atoms with van der Waals surface area (Å²) in [5, 5.41) is 13.4. The zero-order valence-corrected chi connectivity index (χ0v) is 30.9. The van der Waals surface area contributed by atoms with E-state index in [1.54, 1.807) is 24.3 Å². The molecule has 4 aromatic carbocycles. The zero-order valence-electron chi connectivity index (χ0n) is 30.2. The number of carbonyl (C=O) groups is 2. The summed E-state index contributed by atoms with van der Waals surface area (Å²) in [7, 11) is 0. The van der Waals surface area contributed by atoms with Crippen LogP contribution in [0, 0.1) is 11.7 Å². The van der Waals surface area contributed by atoms with Gasteiger partial charge >= 0.3 is 6.09 Å². The van der Waals surface area contributed by atoms with Crippen molar-refractivity contribution >= 4 is 23.6 Å². The van der Waals surface area contributed by atoms with E-state index in [0.29, 0.717) is 55.7 Å². The molecule has 2 amide bonds. The Balaban J connectivity index is 1.08. The van der Waals surface area contributed by atoms with Crippen LogP contribution in [0.5, 0.6) is 11.5 Å². The van der Waals surface area contributed by atoms with Crippen LogP contribution in [-0.4, -0.2) is 90.3 Å². The number of phenols is 1. The minimum atomic E-state index is -0.725. The second kappa shape index (κ2) is 18.4. The molecule has 280 valence electrons. The molecule has 4 aromatic rings. The van der Waals surface area contributed by atoms with Crippen LogP contribution in [0.4, 0.5) is 9.18 Å². The van der Waals surface area contributed by atoms with Gasteiger partial charge in [-0.3, -0.25) is 9.69 Å². The molecule has 53 heavy (non-hydrogen) atoms. The minimum absolute atomic E-state index is 0.0630. The minimum Gasteiger partial charge on any atom is -0.508 e. The van der Waals surface area contributed by atoms with Crippen LogP contribution in [-0.2, 0) is 29.1 Å². The van der Waals surface area contributed by atoms with Gasteiger partial charge in [-0.25, -0.2) is 9.18 Å². The third kappa shape index (κ3) is 10.3. The van der Waals surface area contributed by atoms with Gasteiger partial charge in [-0.2, -0.15) is 0 Å². The number of amides is 2. The highest BCUT2D eigenvalue weighted by Gasteiger charge is 2.37. The molecule has 0 aromatic heterocycles. The summed E-state index contributed by atoms with van der Waals surface area (Å²) in [5.74, 6) is 0.289. The van der Waals surface area contributed by atoms with E-state index in [1.165, 1.54) is 6.07 Å². The number of phenolic OH excluding ortho intramolecular Hbond substituents is 1. The number of piperidine rings is 1. The molecule has 6 rings (SSSR count). The molecule has 0 bridgehead atoms. The Labute approximate surface area is 316 Å². The second-order valence-corrected chi connectivity index (χ2v) is 14.1. The predicted octanol–water partition coefficient (Wildman–Crippen LogP) is 7.14. The molecule has 2 heterocycles. The summed E-state index contributed by atoms with van der Waals surface area (Å²) in [5.41, 5.74) is 4.61. The van der Waals surface area contributed by atoms with Crippen LogP contribution in [0.2, 0.25) is 5.02 Å². The molecule has 0 radical (unpaired) electrons. The summed E-state index contributed by atoms with van der Waals surface area (Å²) in [6.45, 7) is 7.29. The smallest absolute Gasteiger partial charge is 0.408 e. The number of rotatable bonds is 13. The molecule has 2 aliphatic rings. The maximum atomic E-state index is 14.8. The van der Waals surface area contributed by atoms with Gasteiger partial charge < -0.3 is 29.7 Å². The zero-order chi connectivity index (χ0) is 37.2. The third-order valence-corrected chi connectivity index (χ3v) is 10.5. The first kappa shape index (κ1) is 38.1. The fourth-order valence-electron chi connectivity index (χ4n) is 7.28. The lowest BCUT2D eigenvalue weighted by atomic mass is 9.88. The van der Waals surface area contributed by atoms with Gasteiger partial charge in [0.2, 0.25) is 5.91 Å². The fourth-order valence-corrected chi connectivity index (χ4v) is 7.48. The molecular weight excluding hydrogens is 695 g/mol. The quantitative estimate of drug-likeness (QED) is 0.150. The number of piperazine rings is 1. The maximum absolute atomic E-state index is 14.8. The van der Waals surface area contributed by atoms with Gasteiger partial charge in [-0.05, 0) is 104 Å². The predicted molar refractivity (Wildman–Crippen MR) is 204 cm³/mol. The number of ether oxygens (including phenoxy) is 2. The lowest BCUT2D eigenvalue weighted by Gasteiger charge is -2.40.